The minimum absolute atomic E-state index is 0.0662. The van der Waals surface area contributed by atoms with Crippen LogP contribution in [0.15, 0.2) is 0 Å². The molecule has 2 atom stereocenters. The lowest BCUT2D eigenvalue weighted by Gasteiger charge is -2.32. The monoisotopic (exact) mass is 269 g/mol. The van der Waals surface area contributed by atoms with Crippen LogP contribution < -0.4 is 5.32 Å². The first-order chi connectivity index (χ1) is 8.71. The van der Waals surface area contributed by atoms with Crippen LogP contribution >= 0.6 is 0 Å². The van der Waals surface area contributed by atoms with Crippen LogP contribution in [0.25, 0.3) is 0 Å². The number of hydrogen-bond acceptors (Lipinski definition) is 5. The van der Waals surface area contributed by atoms with Gasteiger partial charge in [0.2, 0.25) is 0 Å². The fourth-order valence-corrected chi connectivity index (χ4v) is 2.20. The Bertz CT molecular complexity index is 299. The van der Waals surface area contributed by atoms with Crippen molar-refractivity contribution < 1.29 is 18.6 Å². The van der Waals surface area contributed by atoms with E-state index in [1.165, 1.54) is 0 Å². The topological polar surface area (TPSA) is 49.0 Å². The molecule has 2 rings (SSSR count). The zero-order valence-electron chi connectivity index (χ0n) is 12.9. The van der Waals surface area contributed by atoms with Crippen molar-refractivity contribution in [1.82, 2.24) is 5.32 Å². The SMILES string of the molecule is C[C@@H]1CNC[C@H](C)OB(B2OC(C)(C)C(C)(C)O2)O1. The van der Waals surface area contributed by atoms with Crippen molar-refractivity contribution in [3.63, 3.8) is 0 Å². The first-order valence-corrected chi connectivity index (χ1v) is 7.08. The van der Waals surface area contributed by atoms with Gasteiger partial charge < -0.3 is 23.9 Å². The molecule has 0 saturated carbocycles. The summed E-state index contributed by atoms with van der Waals surface area (Å²) in [6.45, 7) is 13.8. The van der Waals surface area contributed by atoms with Gasteiger partial charge in [-0.15, -0.1) is 0 Å². The van der Waals surface area contributed by atoms with Crippen molar-refractivity contribution in [2.45, 2.75) is 65.0 Å². The summed E-state index contributed by atoms with van der Waals surface area (Å²) in [6, 6.07) is 0. The molecule has 0 aromatic carbocycles. The summed E-state index contributed by atoms with van der Waals surface area (Å²) in [5, 5.41) is 3.30. The Morgan fingerprint density at radius 3 is 1.68 bits per heavy atom. The third-order valence-electron chi connectivity index (χ3n) is 4.09. The molecule has 0 aliphatic carbocycles. The van der Waals surface area contributed by atoms with Gasteiger partial charge in [0.05, 0.1) is 23.4 Å². The standard InChI is InChI=1S/C12H25B2NO4/c1-9-7-15-8-10(2)17-13(16-9)14-18-11(3,4)12(5,6)19-14/h9-10,15H,7-8H2,1-6H3/t9-,10+. The lowest BCUT2D eigenvalue weighted by molar-refractivity contribution is 0.00578. The van der Waals surface area contributed by atoms with Gasteiger partial charge >= 0.3 is 14.0 Å². The van der Waals surface area contributed by atoms with E-state index in [4.69, 9.17) is 18.6 Å². The van der Waals surface area contributed by atoms with Gasteiger partial charge in [-0.05, 0) is 41.5 Å². The minimum Gasteiger partial charge on any atom is -0.409 e. The average molecular weight is 269 g/mol. The molecule has 5 nitrogen and oxygen atoms in total. The van der Waals surface area contributed by atoms with Crippen molar-refractivity contribution in [2.24, 2.45) is 0 Å². The van der Waals surface area contributed by atoms with Gasteiger partial charge in [-0.2, -0.15) is 0 Å². The highest BCUT2D eigenvalue weighted by Crippen LogP contribution is 2.37. The summed E-state index contributed by atoms with van der Waals surface area (Å²) in [6.07, 6.45) is 0.132. The lowest BCUT2D eigenvalue weighted by Crippen LogP contribution is -2.52. The molecule has 2 saturated heterocycles. The van der Waals surface area contributed by atoms with E-state index in [9.17, 15) is 0 Å². The fraction of sp³-hybridized carbons (Fsp3) is 1.00. The van der Waals surface area contributed by atoms with Gasteiger partial charge in [0, 0.05) is 13.1 Å². The molecule has 0 unspecified atom stereocenters. The predicted octanol–water partition coefficient (Wildman–Crippen LogP) is 1.06. The van der Waals surface area contributed by atoms with Crippen LogP contribution in [-0.4, -0.2) is 50.5 Å². The molecule has 1 N–H and O–H groups in total. The highest BCUT2D eigenvalue weighted by atomic mass is 16.7. The van der Waals surface area contributed by atoms with Gasteiger partial charge in [0.15, 0.2) is 0 Å². The van der Waals surface area contributed by atoms with E-state index in [0.717, 1.165) is 13.1 Å². The van der Waals surface area contributed by atoms with Gasteiger partial charge in [-0.1, -0.05) is 0 Å². The Morgan fingerprint density at radius 1 is 0.842 bits per heavy atom. The van der Waals surface area contributed by atoms with E-state index in [1.54, 1.807) is 0 Å². The molecule has 2 aliphatic heterocycles. The van der Waals surface area contributed by atoms with Crippen molar-refractivity contribution >= 4 is 14.0 Å². The fourth-order valence-electron chi connectivity index (χ4n) is 2.20. The molecule has 7 heteroatoms. The summed E-state index contributed by atoms with van der Waals surface area (Å²) in [4.78, 5) is 0. The predicted molar refractivity (Wildman–Crippen MR) is 75.8 cm³/mol. The Balaban J connectivity index is 2.07. The van der Waals surface area contributed by atoms with Crippen molar-refractivity contribution in [3.05, 3.63) is 0 Å². The van der Waals surface area contributed by atoms with Crippen LogP contribution in [0.5, 0.6) is 0 Å². The number of rotatable bonds is 1. The molecule has 2 fully saturated rings. The van der Waals surface area contributed by atoms with E-state index in [1.807, 2.05) is 41.5 Å². The Hall–Kier alpha value is -0.0701. The molecule has 0 radical (unpaired) electrons. The molecule has 0 aromatic rings. The first-order valence-electron chi connectivity index (χ1n) is 7.08. The molecule has 0 aromatic heterocycles. The van der Waals surface area contributed by atoms with Crippen molar-refractivity contribution in [3.8, 4) is 0 Å². The quantitative estimate of drug-likeness (QED) is 0.721. The van der Waals surface area contributed by atoms with Gasteiger partial charge in [-0.3, -0.25) is 0 Å². The van der Waals surface area contributed by atoms with Crippen LogP contribution in [-0.2, 0) is 18.6 Å². The van der Waals surface area contributed by atoms with Gasteiger partial charge in [-0.25, -0.2) is 0 Å². The first kappa shape index (κ1) is 15.3. The van der Waals surface area contributed by atoms with Crippen molar-refractivity contribution in [2.75, 3.05) is 13.1 Å². The smallest absolute Gasteiger partial charge is 0.409 e. The van der Waals surface area contributed by atoms with E-state index in [2.05, 4.69) is 5.32 Å². The molecule has 108 valence electrons. The van der Waals surface area contributed by atoms with Gasteiger partial charge in [0.25, 0.3) is 0 Å². The lowest BCUT2D eigenvalue weighted by atomic mass is 9.48. The van der Waals surface area contributed by atoms with Crippen molar-refractivity contribution in [1.29, 1.82) is 0 Å². The molecule has 2 aliphatic rings. The van der Waals surface area contributed by atoms with E-state index >= 15 is 0 Å². The van der Waals surface area contributed by atoms with Crippen LogP contribution in [0, 0.1) is 0 Å². The van der Waals surface area contributed by atoms with E-state index < -0.39 is 14.0 Å². The summed E-state index contributed by atoms with van der Waals surface area (Å²) in [5.74, 6) is 0. The molecule has 2 heterocycles. The highest BCUT2D eigenvalue weighted by molar-refractivity contribution is 7.11. The second-order valence-electron chi connectivity index (χ2n) is 6.54. The Kier molecular flexibility index (Phi) is 4.33. The Labute approximate surface area is 117 Å². The molecule has 19 heavy (non-hydrogen) atoms. The van der Waals surface area contributed by atoms with Crippen LogP contribution in [0.3, 0.4) is 0 Å². The molecule has 0 amide bonds. The second kappa shape index (κ2) is 5.37. The van der Waals surface area contributed by atoms with E-state index in [-0.39, 0.29) is 23.4 Å². The largest absolute Gasteiger partial charge is 0.488 e. The van der Waals surface area contributed by atoms with Crippen LogP contribution in [0.1, 0.15) is 41.5 Å². The van der Waals surface area contributed by atoms with Crippen LogP contribution in [0.2, 0.25) is 0 Å². The molecule has 0 spiro atoms. The summed E-state index contributed by atoms with van der Waals surface area (Å²) < 4.78 is 23.8. The van der Waals surface area contributed by atoms with E-state index in [0.29, 0.717) is 0 Å². The zero-order chi connectivity index (χ0) is 14.3. The summed E-state index contributed by atoms with van der Waals surface area (Å²) >= 11 is 0. The molecular formula is C12H25B2NO4. The maximum Gasteiger partial charge on any atom is 0.488 e. The minimum atomic E-state index is -0.479. The zero-order valence-corrected chi connectivity index (χ0v) is 12.9. The Morgan fingerprint density at radius 2 is 1.26 bits per heavy atom. The summed E-state index contributed by atoms with van der Waals surface area (Å²) in [7, 11) is -0.957. The summed E-state index contributed by atoms with van der Waals surface area (Å²) in [5.41, 5.74) is -0.727. The van der Waals surface area contributed by atoms with Crippen LogP contribution in [0.4, 0.5) is 0 Å². The second-order valence-corrected chi connectivity index (χ2v) is 6.54. The average Bonchev–Trinajstić information content (AvgIpc) is 2.44. The maximum atomic E-state index is 6.00. The third-order valence-corrected chi connectivity index (χ3v) is 4.09. The highest BCUT2D eigenvalue weighted by Gasteiger charge is 2.57. The molecular weight excluding hydrogens is 244 g/mol. The molecule has 0 bridgehead atoms. The number of nitrogens with one attached hydrogen (secondary N) is 1. The third kappa shape index (κ3) is 3.34. The normalized spacial score (nSPS) is 35.1. The van der Waals surface area contributed by atoms with Gasteiger partial charge in [0.1, 0.15) is 0 Å². The number of hydrogen-bond donors (Lipinski definition) is 1. The maximum absolute atomic E-state index is 6.00.